The molecule has 0 unspecified atom stereocenters. The fourth-order valence-electron chi connectivity index (χ4n) is 2.14. The van der Waals surface area contributed by atoms with Crippen LogP contribution >= 0.6 is 0 Å². The molecule has 3 N–H and O–H groups in total. The van der Waals surface area contributed by atoms with Crippen molar-refractivity contribution in [1.82, 2.24) is 25.1 Å². The van der Waals surface area contributed by atoms with Gasteiger partial charge >= 0.3 is 0 Å². The molecule has 3 aromatic rings. The van der Waals surface area contributed by atoms with Crippen molar-refractivity contribution in [3.63, 3.8) is 0 Å². The number of fused-ring (bicyclic) bond motifs is 1. The average Bonchev–Trinajstić information content (AvgIpc) is 2.95. The zero-order valence-corrected chi connectivity index (χ0v) is 11.8. The Morgan fingerprint density at radius 2 is 2.05 bits per heavy atom. The van der Waals surface area contributed by atoms with Crippen molar-refractivity contribution in [2.45, 2.75) is 19.3 Å². The van der Waals surface area contributed by atoms with E-state index >= 15 is 0 Å². The predicted molar refractivity (Wildman–Crippen MR) is 80.3 cm³/mol. The molecule has 3 rings (SSSR count). The first-order chi connectivity index (χ1) is 10.1. The molecule has 3 aromatic heterocycles. The summed E-state index contributed by atoms with van der Waals surface area (Å²) in [4.78, 5) is 22.9. The lowest BCUT2D eigenvalue weighted by Crippen LogP contribution is -2.29. The van der Waals surface area contributed by atoms with Crippen LogP contribution in [-0.2, 0) is 5.41 Å². The molecular weight excluding hydrogens is 268 g/mol. The Labute approximate surface area is 120 Å². The highest BCUT2D eigenvalue weighted by molar-refractivity contribution is 5.73. The van der Waals surface area contributed by atoms with Crippen LogP contribution in [0.1, 0.15) is 19.4 Å². The maximum absolute atomic E-state index is 11.9. The molecule has 7 nitrogen and oxygen atoms in total. The van der Waals surface area contributed by atoms with E-state index < -0.39 is 0 Å². The third-order valence-corrected chi connectivity index (χ3v) is 3.48. The maximum atomic E-state index is 11.9. The number of aromatic amines is 2. The number of aromatic nitrogens is 5. The van der Waals surface area contributed by atoms with E-state index in [0.717, 1.165) is 5.56 Å². The molecule has 108 valence electrons. The summed E-state index contributed by atoms with van der Waals surface area (Å²) < 4.78 is 0. The number of nitrogens with one attached hydrogen (secondary N) is 3. The molecule has 7 heteroatoms. The minimum atomic E-state index is -0.210. The van der Waals surface area contributed by atoms with Crippen LogP contribution in [0, 0.1) is 0 Å². The number of pyridine rings is 1. The monoisotopic (exact) mass is 284 g/mol. The minimum absolute atomic E-state index is 0.121. The number of rotatable bonds is 4. The molecule has 0 saturated heterocycles. The van der Waals surface area contributed by atoms with Crippen molar-refractivity contribution in [2.75, 3.05) is 11.9 Å². The molecule has 0 radical (unpaired) electrons. The van der Waals surface area contributed by atoms with Gasteiger partial charge in [0.05, 0.1) is 6.20 Å². The lowest BCUT2D eigenvalue weighted by Gasteiger charge is -2.25. The van der Waals surface area contributed by atoms with Gasteiger partial charge in [-0.2, -0.15) is 10.1 Å². The number of H-pyrrole nitrogens is 2. The maximum Gasteiger partial charge on any atom is 0.263 e. The van der Waals surface area contributed by atoms with Crippen LogP contribution in [0.25, 0.3) is 11.0 Å². The molecule has 0 bridgehead atoms. The highest BCUT2D eigenvalue weighted by Crippen LogP contribution is 2.22. The molecule has 0 atom stereocenters. The minimum Gasteiger partial charge on any atom is -0.355 e. The van der Waals surface area contributed by atoms with Crippen LogP contribution in [0.4, 0.5) is 5.95 Å². The zero-order chi connectivity index (χ0) is 14.9. The topological polar surface area (TPSA) is 99.4 Å². The van der Waals surface area contributed by atoms with Gasteiger partial charge in [0.15, 0.2) is 5.65 Å². The second-order valence-electron chi connectivity index (χ2n) is 5.52. The largest absolute Gasteiger partial charge is 0.355 e. The van der Waals surface area contributed by atoms with E-state index in [9.17, 15) is 4.79 Å². The molecular formula is C14H16N6O. The summed E-state index contributed by atoms with van der Waals surface area (Å²) >= 11 is 0. The summed E-state index contributed by atoms with van der Waals surface area (Å²) in [5, 5.41) is 10.1. The van der Waals surface area contributed by atoms with E-state index in [1.54, 1.807) is 12.4 Å². The normalized spacial score (nSPS) is 11.7. The first kappa shape index (κ1) is 13.3. The molecule has 0 saturated carbocycles. The molecule has 0 aliphatic heterocycles. The van der Waals surface area contributed by atoms with Gasteiger partial charge in [-0.3, -0.25) is 19.9 Å². The van der Waals surface area contributed by atoms with Crippen molar-refractivity contribution in [3.8, 4) is 0 Å². The van der Waals surface area contributed by atoms with Gasteiger partial charge in [0.1, 0.15) is 5.39 Å². The van der Waals surface area contributed by atoms with E-state index in [1.807, 2.05) is 12.1 Å². The lowest BCUT2D eigenvalue weighted by molar-refractivity contribution is 0.554. The number of hydrogen-bond acceptors (Lipinski definition) is 5. The first-order valence-corrected chi connectivity index (χ1v) is 6.64. The van der Waals surface area contributed by atoms with Gasteiger partial charge in [0.25, 0.3) is 5.56 Å². The number of hydrogen-bond donors (Lipinski definition) is 3. The summed E-state index contributed by atoms with van der Waals surface area (Å²) in [5.74, 6) is 0.430. The van der Waals surface area contributed by atoms with E-state index in [1.165, 1.54) is 6.20 Å². The summed E-state index contributed by atoms with van der Waals surface area (Å²) in [6.45, 7) is 4.85. The van der Waals surface area contributed by atoms with Crippen LogP contribution in [-0.4, -0.2) is 31.7 Å². The smallest absolute Gasteiger partial charge is 0.263 e. The van der Waals surface area contributed by atoms with Crippen molar-refractivity contribution >= 4 is 17.0 Å². The molecule has 3 heterocycles. The zero-order valence-electron chi connectivity index (χ0n) is 11.8. The predicted octanol–water partition coefficient (Wildman–Crippen LogP) is 1.43. The SMILES string of the molecule is CC(C)(CNc1nc2[nH]ncc2c(=O)[nH]1)c1ccncc1. The molecule has 21 heavy (non-hydrogen) atoms. The van der Waals surface area contributed by atoms with Crippen LogP contribution in [0.2, 0.25) is 0 Å². The Kier molecular flexibility index (Phi) is 3.17. The van der Waals surface area contributed by atoms with E-state index in [4.69, 9.17) is 0 Å². The Balaban J connectivity index is 1.81. The quantitative estimate of drug-likeness (QED) is 0.673. The second kappa shape index (κ2) is 5.01. The van der Waals surface area contributed by atoms with Crippen LogP contribution in [0.5, 0.6) is 0 Å². The van der Waals surface area contributed by atoms with Crippen LogP contribution in [0.15, 0.2) is 35.5 Å². The lowest BCUT2D eigenvalue weighted by atomic mass is 9.85. The fraction of sp³-hybridized carbons (Fsp3) is 0.286. The third-order valence-electron chi connectivity index (χ3n) is 3.48. The average molecular weight is 284 g/mol. The van der Waals surface area contributed by atoms with E-state index in [2.05, 4.69) is 44.3 Å². The molecule has 0 aromatic carbocycles. The van der Waals surface area contributed by atoms with Gasteiger partial charge in [-0.25, -0.2) is 0 Å². The Morgan fingerprint density at radius 1 is 1.29 bits per heavy atom. The van der Waals surface area contributed by atoms with Crippen molar-refractivity contribution in [2.24, 2.45) is 0 Å². The van der Waals surface area contributed by atoms with Gasteiger partial charge in [-0.15, -0.1) is 0 Å². The number of anilines is 1. The highest BCUT2D eigenvalue weighted by atomic mass is 16.1. The Hall–Kier alpha value is -2.70. The number of nitrogens with zero attached hydrogens (tertiary/aromatic N) is 3. The van der Waals surface area contributed by atoms with Gasteiger partial charge < -0.3 is 5.32 Å². The third kappa shape index (κ3) is 2.62. The van der Waals surface area contributed by atoms with Crippen molar-refractivity contribution < 1.29 is 0 Å². The summed E-state index contributed by atoms with van der Waals surface area (Å²) in [5.41, 5.74) is 1.31. The van der Waals surface area contributed by atoms with E-state index in [-0.39, 0.29) is 11.0 Å². The van der Waals surface area contributed by atoms with Gasteiger partial charge in [0, 0.05) is 24.4 Å². The summed E-state index contributed by atoms with van der Waals surface area (Å²) in [7, 11) is 0. The van der Waals surface area contributed by atoms with Crippen molar-refractivity contribution in [3.05, 3.63) is 46.6 Å². The molecule has 0 aliphatic carbocycles. The Bertz CT molecular complexity index is 805. The van der Waals surface area contributed by atoms with Gasteiger partial charge in [0.2, 0.25) is 5.95 Å². The van der Waals surface area contributed by atoms with Gasteiger partial charge in [-0.1, -0.05) is 13.8 Å². The van der Waals surface area contributed by atoms with Crippen molar-refractivity contribution in [1.29, 1.82) is 0 Å². The molecule has 0 amide bonds. The summed E-state index contributed by atoms with van der Waals surface area (Å²) in [6, 6.07) is 3.96. The first-order valence-electron chi connectivity index (χ1n) is 6.64. The fourth-order valence-corrected chi connectivity index (χ4v) is 2.14. The van der Waals surface area contributed by atoms with Gasteiger partial charge in [-0.05, 0) is 17.7 Å². The summed E-state index contributed by atoms with van der Waals surface area (Å²) in [6.07, 6.45) is 5.01. The van der Waals surface area contributed by atoms with Crippen LogP contribution in [0.3, 0.4) is 0 Å². The van der Waals surface area contributed by atoms with Crippen LogP contribution < -0.4 is 10.9 Å². The Morgan fingerprint density at radius 3 is 2.81 bits per heavy atom. The highest BCUT2D eigenvalue weighted by Gasteiger charge is 2.20. The molecule has 0 spiro atoms. The second-order valence-corrected chi connectivity index (χ2v) is 5.52. The standard InChI is InChI=1S/C14H16N6O/c1-14(2,9-3-5-15-6-4-9)8-16-13-18-11-10(7-17-20-11)12(21)19-13/h3-7H,8H2,1-2H3,(H3,16,17,18,19,20,21). The molecule has 0 fully saturated rings. The molecule has 0 aliphatic rings. The van der Waals surface area contributed by atoms with E-state index in [0.29, 0.717) is 23.5 Å².